The summed E-state index contributed by atoms with van der Waals surface area (Å²) in [5, 5.41) is 0. The lowest BCUT2D eigenvalue weighted by Gasteiger charge is -2.16. The summed E-state index contributed by atoms with van der Waals surface area (Å²) >= 11 is 3.58. The van der Waals surface area contributed by atoms with Crippen molar-refractivity contribution in [3.05, 3.63) is 28.2 Å². The molecule has 1 atom stereocenters. The van der Waals surface area contributed by atoms with Crippen molar-refractivity contribution in [1.82, 2.24) is 0 Å². The fraction of sp³-hybridized carbons (Fsp3) is 0.500. The zero-order valence-electron chi connectivity index (χ0n) is 9.63. The smallest absolute Gasteiger partial charge is 0.0505 e. The number of rotatable bonds is 4. The summed E-state index contributed by atoms with van der Waals surface area (Å²) in [4.78, 5) is 2.09. The van der Waals surface area contributed by atoms with E-state index in [-0.39, 0.29) is 6.04 Å². The van der Waals surface area contributed by atoms with Crippen molar-refractivity contribution in [3.8, 4) is 0 Å². The van der Waals surface area contributed by atoms with Crippen LogP contribution in [0.5, 0.6) is 0 Å². The molecular weight excluding hydrogens is 252 g/mol. The Kier molecular flexibility index (Phi) is 4.61. The number of halogens is 1. The van der Waals surface area contributed by atoms with Crippen LogP contribution >= 0.6 is 15.9 Å². The average molecular weight is 271 g/mol. The highest BCUT2D eigenvalue weighted by atomic mass is 79.9. The third-order valence-corrected chi connectivity index (χ3v) is 3.15. The summed E-state index contributed by atoms with van der Waals surface area (Å²) in [7, 11) is 4.08. The van der Waals surface area contributed by atoms with Gasteiger partial charge in [-0.25, -0.2) is 0 Å². The van der Waals surface area contributed by atoms with Gasteiger partial charge in [-0.1, -0.05) is 13.0 Å². The summed E-state index contributed by atoms with van der Waals surface area (Å²) in [6.07, 6.45) is 1.97. The number of nitrogens with two attached hydrogens (primary N) is 1. The summed E-state index contributed by atoms with van der Waals surface area (Å²) in [5.41, 5.74) is 8.42. The molecule has 1 aromatic rings. The van der Waals surface area contributed by atoms with Gasteiger partial charge in [0.05, 0.1) is 5.69 Å². The molecule has 1 aromatic carbocycles. The van der Waals surface area contributed by atoms with Crippen LogP contribution in [0.1, 0.15) is 18.9 Å². The highest BCUT2D eigenvalue weighted by Gasteiger charge is 2.05. The van der Waals surface area contributed by atoms with Crippen LogP contribution in [0.4, 0.5) is 5.69 Å². The normalized spacial score (nSPS) is 12.6. The Labute approximate surface area is 101 Å². The molecule has 1 rings (SSSR count). The second-order valence-corrected chi connectivity index (χ2v) is 4.91. The average Bonchev–Trinajstić information content (AvgIpc) is 2.17. The molecule has 0 aliphatic heterocycles. The monoisotopic (exact) mass is 270 g/mol. The molecule has 0 saturated carbocycles. The lowest BCUT2D eigenvalue weighted by molar-refractivity contribution is 0.646. The van der Waals surface area contributed by atoms with Crippen LogP contribution in [0.15, 0.2) is 22.7 Å². The summed E-state index contributed by atoms with van der Waals surface area (Å²) < 4.78 is 1.13. The first-order valence-corrected chi connectivity index (χ1v) is 6.05. The minimum absolute atomic E-state index is 0.266. The van der Waals surface area contributed by atoms with Gasteiger partial charge in [0, 0.05) is 24.6 Å². The van der Waals surface area contributed by atoms with Gasteiger partial charge in [0.15, 0.2) is 0 Å². The fourth-order valence-corrected chi connectivity index (χ4v) is 2.27. The molecule has 0 radical (unpaired) electrons. The van der Waals surface area contributed by atoms with Crippen molar-refractivity contribution in [2.75, 3.05) is 19.0 Å². The zero-order valence-corrected chi connectivity index (χ0v) is 11.2. The van der Waals surface area contributed by atoms with Crippen molar-refractivity contribution in [1.29, 1.82) is 0 Å². The van der Waals surface area contributed by atoms with Gasteiger partial charge in [0.2, 0.25) is 0 Å². The van der Waals surface area contributed by atoms with E-state index in [0.717, 1.165) is 17.3 Å². The van der Waals surface area contributed by atoms with Gasteiger partial charge in [-0.3, -0.25) is 0 Å². The van der Waals surface area contributed by atoms with E-state index < -0.39 is 0 Å². The topological polar surface area (TPSA) is 29.3 Å². The second kappa shape index (κ2) is 5.52. The maximum absolute atomic E-state index is 5.93. The van der Waals surface area contributed by atoms with E-state index in [0.29, 0.717) is 0 Å². The Bertz CT molecular complexity index is 323. The lowest BCUT2D eigenvalue weighted by Crippen LogP contribution is -2.21. The molecule has 0 spiro atoms. The lowest BCUT2D eigenvalue weighted by atomic mass is 10.0. The van der Waals surface area contributed by atoms with Gasteiger partial charge in [-0.15, -0.1) is 0 Å². The molecule has 0 aromatic heterocycles. The van der Waals surface area contributed by atoms with Gasteiger partial charge in [0.25, 0.3) is 0 Å². The Balaban J connectivity index is 2.82. The van der Waals surface area contributed by atoms with Gasteiger partial charge < -0.3 is 10.6 Å². The maximum Gasteiger partial charge on any atom is 0.0505 e. The molecule has 0 aliphatic rings. The Morgan fingerprint density at radius 3 is 2.53 bits per heavy atom. The third-order valence-electron chi connectivity index (χ3n) is 2.52. The minimum atomic E-state index is 0.266. The van der Waals surface area contributed by atoms with E-state index >= 15 is 0 Å². The van der Waals surface area contributed by atoms with Gasteiger partial charge >= 0.3 is 0 Å². The number of hydrogen-bond acceptors (Lipinski definition) is 2. The molecule has 1 unspecified atom stereocenters. The molecule has 0 fully saturated rings. The number of nitrogens with zero attached hydrogens (tertiary/aromatic N) is 1. The quantitative estimate of drug-likeness (QED) is 0.912. The third kappa shape index (κ3) is 3.50. The molecule has 0 heterocycles. The van der Waals surface area contributed by atoms with E-state index in [2.05, 4.69) is 46.0 Å². The number of anilines is 1. The zero-order chi connectivity index (χ0) is 11.4. The first-order valence-electron chi connectivity index (χ1n) is 5.26. The van der Waals surface area contributed by atoms with Crippen LogP contribution in [0.3, 0.4) is 0 Å². The van der Waals surface area contributed by atoms with Crippen molar-refractivity contribution in [2.45, 2.75) is 25.8 Å². The predicted octanol–water partition coefficient (Wildman–Crippen LogP) is 2.79. The van der Waals surface area contributed by atoms with E-state index in [4.69, 9.17) is 5.73 Å². The van der Waals surface area contributed by atoms with Crippen molar-refractivity contribution < 1.29 is 0 Å². The van der Waals surface area contributed by atoms with Crippen LogP contribution in [0, 0.1) is 0 Å². The largest absolute Gasteiger partial charge is 0.377 e. The van der Waals surface area contributed by atoms with Crippen LogP contribution in [0.25, 0.3) is 0 Å². The van der Waals surface area contributed by atoms with Crippen molar-refractivity contribution >= 4 is 21.6 Å². The molecule has 0 bridgehead atoms. The van der Waals surface area contributed by atoms with Gasteiger partial charge in [-0.05, 0) is 46.5 Å². The van der Waals surface area contributed by atoms with Crippen LogP contribution < -0.4 is 10.6 Å². The van der Waals surface area contributed by atoms with Crippen LogP contribution in [-0.4, -0.2) is 20.1 Å². The standard InChI is InChI=1S/C12H19BrN2/c1-4-10(14)7-9-5-6-12(15(2)3)11(13)8-9/h5-6,8,10H,4,7,14H2,1-3H3. The summed E-state index contributed by atoms with van der Waals surface area (Å²) in [6.45, 7) is 2.12. The molecule has 0 amide bonds. The van der Waals surface area contributed by atoms with E-state index in [1.54, 1.807) is 0 Å². The highest BCUT2D eigenvalue weighted by molar-refractivity contribution is 9.10. The van der Waals surface area contributed by atoms with Crippen LogP contribution in [-0.2, 0) is 6.42 Å². The van der Waals surface area contributed by atoms with Gasteiger partial charge in [-0.2, -0.15) is 0 Å². The number of benzene rings is 1. The first kappa shape index (κ1) is 12.5. The Morgan fingerprint density at radius 2 is 2.07 bits per heavy atom. The summed E-state index contributed by atoms with van der Waals surface area (Å²) in [5.74, 6) is 0. The number of hydrogen-bond donors (Lipinski definition) is 1. The SMILES string of the molecule is CCC(N)Cc1ccc(N(C)C)c(Br)c1. The second-order valence-electron chi connectivity index (χ2n) is 4.05. The first-order chi connectivity index (χ1) is 7.04. The molecule has 0 saturated heterocycles. The van der Waals surface area contributed by atoms with E-state index in [1.807, 2.05) is 14.1 Å². The predicted molar refractivity (Wildman–Crippen MR) is 70.4 cm³/mol. The minimum Gasteiger partial charge on any atom is -0.377 e. The Hall–Kier alpha value is -0.540. The molecule has 0 aliphatic carbocycles. The van der Waals surface area contributed by atoms with Gasteiger partial charge in [0.1, 0.15) is 0 Å². The van der Waals surface area contributed by atoms with Crippen molar-refractivity contribution in [3.63, 3.8) is 0 Å². The Morgan fingerprint density at radius 1 is 1.40 bits per heavy atom. The van der Waals surface area contributed by atoms with Crippen LogP contribution in [0.2, 0.25) is 0 Å². The highest BCUT2D eigenvalue weighted by Crippen LogP contribution is 2.26. The van der Waals surface area contributed by atoms with E-state index in [1.165, 1.54) is 11.3 Å². The molecule has 3 heteroatoms. The summed E-state index contributed by atoms with van der Waals surface area (Å²) in [6, 6.07) is 6.70. The fourth-order valence-electron chi connectivity index (χ4n) is 1.49. The maximum atomic E-state index is 5.93. The van der Waals surface area contributed by atoms with Crippen molar-refractivity contribution in [2.24, 2.45) is 5.73 Å². The molecule has 2 nitrogen and oxygen atoms in total. The molecular formula is C12H19BrN2. The molecule has 84 valence electrons. The molecule has 2 N–H and O–H groups in total. The molecule has 15 heavy (non-hydrogen) atoms. The van der Waals surface area contributed by atoms with E-state index in [9.17, 15) is 0 Å².